The molecule has 1 heterocycles. The van der Waals surface area contributed by atoms with Crippen molar-refractivity contribution in [3.63, 3.8) is 0 Å². The molecule has 1 amide bonds. The summed E-state index contributed by atoms with van der Waals surface area (Å²) in [5, 5.41) is 5.41. The summed E-state index contributed by atoms with van der Waals surface area (Å²) in [6.45, 7) is 6.64. The molecule has 0 bridgehead atoms. The Kier molecular flexibility index (Phi) is 4.74. The van der Waals surface area contributed by atoms with Crippen LogP contribution >= 0.6 is 11.3 Å². The molecule has 0 atom stereocenters. The van der Waals surface area contributed by atoms with Gasteiger partial charge in [0.1, 0.15) is 5.75 Å². The lowest BCUT2D eigenvalue weighted by atomic mass is 10.2. The summed E-state index contributed by atoms with van der Waals surface area (Å²) in [5.41, 5.74) is 1.56. The van der Waals surface area contributed by atoms with Crippen molar-refractivity contribution in [1.82, 2.24) is 4.98 Å². The van der Waals surface area contributed by atoms with Crippen molar-refractivity contribution >= 4 is 22.4 Å². The van der Waals surface area contributed by atoms with Gasteiger partial charge in [0.25, 0.3) is 5.91 Å². The van der Waals surface area contributed by atoms with Crippen LogP contribution in [0.3, 0.4) is 0 Å². The van der Waals surface area contributed by atoms with Gasteiger partial charge in [-0.25, -0.2) is 4.98 Å². The van der Waals surface area contributed by atoms with Gasteiger partial charge in [-0.1, -0.05) is 19.9 Å². The number of nitrogens with zero attached hydrogens (tertiary/aromatic N) is 1. The molecule has 20 heavy (non-hydrogen) atoms. The molecular weight excluding hydrogens is 272 g/mol. The number of amides is 1. The van der Waals surface area contributed by atoms with Crippen LogP contribution in [0.5, 0.6) is 5.75 Å². The summed E-state index contributed by atoms with van der Waals surface area (Å²) in [4.78, 5) is 16.5. The average Bonchev–Trinajstić information content (AvgIpc) is 2.88. The Morgan fingerprint density at radius 3 is 2.90 bits per heavy atom. The predicted molar refractivity (Wildman–Crippen MR) is 81.8 cm³/mol. The molecule has 0 unspecified atom stereocenters. The van der Waals surface area contributed by atoms with Crippen LogP contribution in [0, 0.1) is 0 Å². The number of aromatic nitrogens is 1. The number of nitrogens with one attached hydrogen (secondary N) is 1. The van der Waals surface area contributed by atoms with Crippen molar-refractivity contribution in [2.24, 2.45) is 0 Å². The van der Waals surface area contributed by atoms with Crippen molar-refractivity contribution in [2.45, 2.75) is 26.7 Å². The predicted octanol–water partition coefficient (Wildman–Crippen LogP) is 3.92. The Bertz CT molecular complexity index is 593. The maximum atomic E-state index is 12.1. The third-order valence-electron chi connectivity index (χ3n) is 2.74. The summed E-state index contributed by atoms with van der Waals surface area (Å²) in [6, 6.07) is 7.13. The van der Waals surface area contributed by atoms with E-state index < -0.39 is 0 Å². The van der Waals surface area contributed by atoms with Crippen LogP contribution in [0.1, 0.15) is 42.7 Å². The normalized spacial score (nSPS) is 10.6. The first-order valence-electron chi connectivity index (χ1n) is 6.59. The molecule has 0 saturated heterocycles. The molecule has 1 aromatic heterocycles. The summed E-state index contributed by atoms with van der Waals surface area (Å²) in [6.07, 6.45) is 0. The monoisotopic (exact) mass is 290 g/mol. The van der Waals surface area contributed by atoms with Gasteiger partial charge in [0.2, 0.25) is 0 Å². The minimum absolute atomic E-state index is 0.170. The van der Waals surface area contributed by atoms with Crippen LogP contribution in [0.2, 0.25) is 0 Å². The zero-order chi connectivity index (χ0) is 14.5. The van der Waals surface area contributed by atoms with Gasteiger partial charge in [-0.3, -0.25) is 10.1 Å². The molecule has 0 aliphatic carbocycles. The fourth-order valence-corrected chi connectivity index (χ4v) is 2.54. The SMILES string of the molecule is CCOc1cccc(C(=O)Nc2nc(C(C)C)cs2)c1. The molecule has 5 heteroatoms. The highest BCUT2D eigenvalue weighted by molar-refractivity contribution is 7.14. The lowest BCUT2D eigenvalue weighted by Gasteiger charge is -2.05. The first kappa shape index (κ1) is 14.5. The van der Waals surface area contributed by atoms with E-state index in [4.69, 9.17) is 4.74 Å². The molecule has 1 aromatic carbocycles. The van der Waals surface area contributed by atoms with E-state index in [1.165, 1.54) is 11.3 Å². The second-order valence-electron chi connectivity index (χ2n) is 4.65. The fraction of sp³-hybridized carbons (Fsp3) is 0.333. The zero-order valence-corrected chi connectivity index (χ0v) is 12.7. The number of hydrogen-bond donors (Lipinski definition) is 1. The number of hydrogen-bond acceptors (Lipinski definition) is 4. The van der Waals surface area contributed by atoms with Crippen molar-refractivity contribution in [2.75, 3.05) is 11.9 Å². The molecule has 1 N–H and O–H groups in total. The van der Waals surface area contributed by atoms with Crippen LogP contribution in [0.25, 0.3) is 0 Å². The van der Waals surface area contributed by atoms with Gasteiger partial charge < -0.3 is 4.74 Å². The van der Waals surface area contributed by atoms with Crippen molar-refractivity contribution < 1.29 is 9.53 Å². The molecule has 0 saturated carbocycles. The fourth-order valence-electron chi connectivity index (χ4n) is 1.67. The number of anilines is 1. The highest BCUT2D eigenvalue weighted by Gasteiger charge is 2.11. The first-order chi connectivity index (χ1) is 9.60. The number of carbonyl (C=O) groups is 1. The number of thiazole rings is 1. The van der Waals surface area contributed by atoms with Crippen LogP contribution in [-0.4, -0.2) is 17.5 Å². The summed E-state index contributed by atoms with van der Waals surface area (Å²) < 4.78 is 5.39. The van der Waals surface area contributed by atoms with Gasteiger partial charge in [0.15, 0.2) is 5.13 Å². The average molecular weight is 290 g/mol. The second-order valence-corrected chi connectivity index (χ2v) is 5.51. The lowest BCUT2D eigenvalue weighted by Crippen LogP contribution is -2.12. The highest BCUT2D eigenvalue weighted by Crippen LogP contribution is 2.22. The van der Waals surface area contributed by atoms with E-state index >= 15 is 0 Å². The van der Waals surface area contributed by atoms with Crippen molar-refractivity contribution in [3.05, 3.63) is 40.9 Å². The van der Waals surface area contributed by atoms with E-state index in [-0.39, 0.29) is 5.91 Å². The molecule has 2 rings (SSSR count). The number of ether oxygens (including phenoxy) is 1. The summed E-state index contributed by atoms with van der Waals surface area (Å²) in [7, 11) is 0. The Labute approximate surface area is 122 Å². The van der Waals surface area contributed by atoms with E-state index in [1.54, 1.807) is 18.2 Å². The minimum Gasteiger partial charge on any atom is -0.494 e. The maximum absolute atomic E-state index is 12.1. The maximum Gasteiger partial charge on any atom is 0.257 e. The Morgan fingerprint density at radius 2 is 2.25 bits per heavy atom. The molecular formula is C15H18N2O2S. The molecule has 0 aliphatic heterocycles. The number of rotatable bonds is 5. The van der Waals surface area contributed by atoms with E-state index in [1.807, 2.05) is 18.4 Å². The quantitative estimate of drug-likeness (QED) is 0.908. The first-order valence-corrected chi connectivity index (χ1v) is 7.47. The number of benzene rings is 1. The van der Waals surface area contributed by atoms with Gasteiger partial charge in [-0.05, 0) is 31.0 Å². The van der Waals surface area contributed by atoms with Crippen LogP contribution in [0.4, 0.5) is 5.13 Å². The van der Waals surface area contributed by atoms with Crippen LogP contribution < -0.4 is 10.1 Å². The Morgan fingerprint density at radius 1 is 1.45 bits per heavy atom. The van der Waals surface area contributed by atoms with Gasteiger partial charge in [0, 0.05) is 10.9 Å². The molecule has 0 spiro atoms. The van der Waals surface area contributed by atoms with Gasteiger partial charge in [-0.2, -0.15) is 0 Å². The lowest BCUT2D eigenvalue weighted by molar-refractivity contribution is 0.102. The van der Waals surface area contributed by atoms with Gasteiger partial charge in [-0.15, -0.1) is 11.3 Å². The smallest absolute Gasteiger partial charge is 0.257 e. The number of carbonyl (C=O) groups excluding carboxylic acids is 1. The van der Waals surface area contributed by atoms with E-state index in [0.29, 0.717) is 29.0 Å². The topological polar surface area (TPSA) is 51.2 Å². The van der Waals surface area contributed by atoms with E-state index in [2.05, 4.69) is 24.1 Å². The molecule has 4 nitrogen and oxygen atoms in total. The summed E-state index contributed by atoms with van der Waals surface area (Å²) in [5.74, 6) is 0.886. The van der Waals surface area contributed by atoms with Gasteiger partial charge in [0.05, 0.1) is 12.3 Å². The van der Waals surface area contributed by atoms with Crippen LogP contribution in [-0.2, 0) is 0 Å². The third-order valence-corrected chi connectivity index (χ3v) is 3.52. The molecule has 0 aliphatic rings. The Hall–Kier alpha value is -1.88. The van der Waals surface area contributed by atoms with Crippen molar-refractivity contribution in [1.29, 1.82) is 0 Å². The summed E-state index contributed by atoms with van der Waals surface area (Å²) >= 11 is 1.44. The van der Waals surface area contributed by atoms with Crippen molar-refractivity contribution in [3.8, 4) is 5.75 Å². The van der Waals surface area contributed by atoms with Crippen LogP contribution in [0.15, 0.2) is 29.6 Å². The van der Waals surface area contributed by atoms with Gasteiger partial charge >= 0.3 is 0 Å². The standard InChI is InChI=1S/C15H18N2O2S/c1-4-19-12-7-5-6-11(8-12)14(18)17-15-16-13(9-20-15)10(2)3/h5-10H,4H2,1-3H3,(H,16,17,18). The molecule has 106 valence electrons. The van der Waals surface area contributed by atoms with E-state index in [9.17, 15) is 4.79 Å². The zero-order valence-electron chi connectivity index (χ0n) is 11.8. The largest absolute Gasteiger partial charge is 0.494 e. The van der Waals surface area contributed by atoms with E-state index in [0.717, 1.165) is 5.69 Å². The minimum atomic E-state index is -0.170. The Balaban J connectivity index is 2.09. The third kappa shape index (κ3) is 3.57. The second kappa shape index (κ2) is 6.52. The molecule has 0 radical (unpaired) electrons. The molecule has 2 aromatic rings. The highest BCUT2D eigenvalue weighted by atomic mass is 32.1. The molecule has 0 fully saturated rings.